The van der Waals surface area contributed by atoms with Gasteiger partial charge < -0.3 is 20.8 Å². The normalized spacial score (nSPS) is 10.8. The molecule has 0 radical (unpaired) electrons. The number of rotatable bonds is 9. The van der Waals surface area contributed by atoms with Crippen LogP contribution in [0.25, 0.3) is 11.3 Å². The van der Waals surface area contributed by atoms with E-state index in [4.69, 9.17) is 15.1 Å². The zero-order valence-electron chi connectivity index (χ0n) is 17.2. The number of H-pyrrole nitrogens is 1. The van der Waals surface area contributed by atoms with Crippen molar-refractivity contribution in [1.29, 1.82) is 5.41 Å². The maximum atomic E-state index is 8.29. The molecular weight excluding hydrogens is 366 g/mol. The Morgan fingerprint density at radius 2 is 2.17 bits per heavy atom. The number of nitrogens with one attached hydrogen (secondary N) is 4. The Bertz CT molecular complexity index is 967. The van der Waals surface area contributed by atoms with Crippen LogP contribution < -0.4 is 15.4 Å². The van der Waals surface area contributed by atoms with Gasteiger partial charge in [0.05, 0.1) is 41.1 Å². The first-order valence-electron chi connectivity index (χ1n) is 9.66. The van der Waals surface area contributed by atoms with E-state index in [1.54, 1.807) is 19.3 Å². The molecular formula is C21H27N7O. The summed E-state index contributed by atoms with van der Waals surface area (Å²) in [5.41, 5.74) is 5.16. The van der Waals surface area contributed by atoms with Gasteiger partial charge in [-0.3, -0.25) is 5.10 Å². The highest BCUT2D eigenvalue weighted by atomic mass is 16.5. The molecule has 0 aliphatic rings. The molecule has 8 heteroatoms. The fourth-order valence-corrected chi connectivity index (χ4v) is 2.94. The van der Waals surface area contributed by atoms with Crippen molar-refractivity contribution < 1.29 is 4.74 Å². The average molecular weight is 393 g/mol. The summed E-state index contributed by atoms with van der Waals surface area (Å²) < 4.78 is 5.69. The molecule has 0 fully saturated rings. The van der Waals surface area contributed by atoms with Crippen LogP contribution in [0.15, 0.2) is 36.8 Å². The first kappa shape index (κ1) is 20.3. The Labute approximate surface area is 170 Å². The molecule has 3 rings (SSSR count). The lowest BCUT2D eigenvalue weighted by Gasteiger charge is -2.21. The van der Waals surface area contributed by atoms with E-state index in [-0.39, 0.29) is 6.04 Å². The molecule has 0 atom stereocenters. The van der Waals surface area contributed by atoms with Crippen LogP contribution >= 0.6 is 0 Å². The Morgan fingerprint density at radius 1 is 1.34 bits per heavy atom. The second kappa shape index (κ2) is 9.18. The van der Waals surface area contributed by atoms with Gasteiger partial charge in [-0.25, -0.2) is 9.97 Å². The molecule has 3 heterocycles. The van der Waals surface area contributed by atoms with Gasteiger partial charge in [-0.2, -0.15) is 5.10 Å². The Hall–Kier alpha value is -3.42. The second-order valence-corrected chi connectivity index (χ2v) is 6.95. The molecule has 8 nitrogen and oxygen atoms in total. The fourth-order valence-electron chi connectivity index (χ4n) is 2.94. The first-order chi connectivity index (χ1) is 14.0. The van der Waals surface area contributed by atoms with Crippen molar-refractivity contribution in [3.63, 3.8) is 0 Å². The van der Waals surface area contributed by atoms with E-state index in [1.807, 2.05) is 31.3 Å². The minimum atomic E-state index is 0.188. The van der Waals surface area contributed by atoms with Crippen molar-refractivity contribution in [3.8, 4) is 17.1 Å². The molecule has 0 aliphatic carbocycles. The van der Waals surface area contributed by atoms with Gasteiger partial charge in [-0.15, -0.1) is 0 Å². The predicted molar refractivity (Wildman–Crippen MR) is 116 cm³/mol. The number of hydrogen-bond donors (Lipinski definition) is 4. The quantitative estimate of drug-likeness (QED) is 0.408. The largest absolute Gasteiger partial charge is 0.477 e. The van der Waals surface area contributed by atoms with Crippen LogP contribution in [0.1, 0.15) is 39.0 Å². The van der Waals surface area contributed by atoms with Gasteiger partial charge in [0.2, 0.25) is 5.88 Å². The molecule has 0 aliphatic heterocycles. The third kappa shape index (κ3) is 4.90. The zero-order valence-corrected chi connectivity index (χ0v) is 17.2. The Balaban J connectivity index is 2.11. The van der Waals surface area contributed by atoms with E-state index in [0.717, 1.165) is 22.5 Å². The average Bonchev–Trinajstić information content (AvgIpc) is 3.21. The molecule has 0 saturated carbocycles. The summed E-state index contributed by atoms with van der Waals surface area (Å²) >= 11 is 0. The number of anilines is 2. The summed E-state index contributed by atoms with van der Waals surface area (Å²) in [6.07, 6.45) is 5.33. The lowest BCUT2D eigenvalue weighted by molar-refractivity contribution is 0.328. The van der Waals surface area contributed by atoms with Gasteiger partial charge in [-0.05, 0) is 45.9 Å². The van der Waals surface area contributed by atoms with E-state index in [9.17, 15) is 0 Å². The molecule has 0 amide bonds. The molecule has 3 aromatic rings. The first-order valence-corrected chi connectivity index (χ1v) is 9.66. The molecule has 0 bridgehead atoms. The van der Waals surface area contributed by atoms with Gasteiger partial charge in [0.25, 0.3) is 0 Å². The third-order valence-corrected chi connectivity index (χ3v) is 4.17. The molecule has 0 unspecified atom stereocenters. The fraction of sp³-hybridized carbons (Fsp3) is 0.333. The van der Waals surface area contributed by atoms with Crippen LogP contribution in [0.4, 0.5) is 11.4 Å². The lowest BCUT2D eigenvalue weighted by atomic mass is 10.1. The van der Waals surface area contributed by atoms with E-state index >= 15 is 0 Å². The monoisotopic (exact) mass is 393 g/mol. The Kier molecular flexibility index (Phi) is 6.43. The van der Waals surface area contributed by atoms with Crippen LogP contribution in [-0.4, -0.2) is 38.5 Å². The molecule has 3 aromatic heterocycles. The number of ether oxygens (including phenoxy) is 1. The van der Waals surface area contributed by atoms with E-state index in [1.165, 1.54) is 0 Å². The number of nitrogens with zero attached hydrogens (tertiary/aromatic N) is 3. The summed E-state index contributed by atoms with van der Waals surface area (Å²) in [7, 11) is 0. The molecule has 29 heavy (non-hydrogen) atoms. The van der Waals surface area contributed by atoms with Crippen molar-refractivity contribution >= 4 is 17.1 Å². The van der Waals surface area contributed by atoms with Crippen LogP contribution in [0, 0.1) is 5.41 Å². The summed E-state index contributed by atoms with van der Waals surface area (Å²) in [5, 5.41) is 22.0. The molecule has 152 valence electrons. The van der Waals surface area contributed by atoms with Crippen molar-refractivity contribution in [3.05, 3.63) is 48.0 Å². The number of aromatic nitrogens is 4. The van der Waals surface area contributed by atoms with Crippen LogP contribution in [0.2, 0.25) is 0 Å². The van der Waals surface area contributed by atoms with Crippen LogP contribution in [-0.2, 0) is 6.54 Å². The second-order valence-electron chi connectivity index (χ2n) is 6.95. The van der Waals surface area contributed by atoms with E-state index < -0.39 is 0 Å². The summed E-state index contributed by atoms with van der Waals surface area (Å²) in [4.78, 5) is 9.12. The SMILES string of the molecule is CCOc1ncccc1-c1cc(NCc2cn[nH]c2)c(NC(C)C)c(C(C)=N)n1. The van der Waals surface area contributed by atoms with Crippen LogP contribution in [0.5, 0.6) is 5.88 Å². The molecule has 0 spiro atoms. The third-order valence-electron chi connectivity index (χ3n) is 4.17. The highest BCUT2D eigenvalue weighted by molar-refractivity contribution is 6.03. The van der Waals surface area contributed by atoms with Gasteiger partial charge in [0, 0.05) is 30.5 Å². The topological polar surface area (TPSA) is 112 Å². The van der Waals surface area contributed by atoms with E-state index in [0.29, 0.717) is 36.1 Å². The molecule has 4 N–H and O–H groups in total. The smallest absolute Gasteiger partial charge is 0.222 e. The summed E-state index contributed by atoms with van der Waals surface area (Å²) in [5.74, 6) is 0.529. The van der Waals surface area contributed by atoms with Crippen LogP contribution in [0.3, 0.4) is 0 Å². The zero-order chi connectivity index (χ0) is 20.8. The highest BCUT2D eigenvalue weighted by Gasteiger charge is 2.18. The van der Waals surface area contributed by atoms with Gasteiger partial charge in [-0.1, -0.05) is 0 Å². The number of pyridine rings is 2. The minimum absolute atomic E-state index is 0.188. The minimum Gasteiger partial charge on any atom is -0.477 e. The van der Waals surface area contributed by atoms with Gasteiger partial charge >= 0.3 is 0 Å². The van der Waals surface area contributed by atoms with Gasteiger partial charge in [0.15, 0.2) is 0 Å². The number of hydrogen-bond acceptors (Lipinski definition) is 7. The molecule has 0 saturated heterocycles. The summed E-state index contributed by atoms with van der Waals surface area (Å²) in [6.45, 7) is 8.89. The highest BCUT2D eigenvalue weighted by Crippen LogP contribution is 2.34. The standard InChI is InChI=1S/C21H27N7O/c1-5-29-21-16(7-6-8-23-21)17-9-18(24-10-15-11-25-26-12-15)20(27-13(2)3)19(28-17)14(4)22/h6-9,11-13,22,27H,5,10H2,1-4H3,(H,24,28)(H,25,26). The Morgan fingerprint density at radius 3 is 2.83 bits per heavy atom. The number of aromatic amines is 1. The summed E-state index contributed by atoms with van der Waals surface area (Å²) in [6, 6.07) is 5.94. The lowest BCUT2D eigenvalue weighted by Crippen LogP contribution is -2.17. The van der Waals surface area contributed by atoms with E-state index in [2.05, 4.69) is 39.7 Å². The predicted octanol–water partition coefficient (Wildman–Crippen LogP) is 4.09. The van der Waals surface area contributed by atoms with Crippen molar-refractivity contribution in [1.82, 2.24) is 20.2 Å². The maximum absolute atomic E-state index is 8.29. The van der Waals surface area contributed by atoms with Crippen molar-refractivity contribution in [2.75, 3.05) is 17.2 Å². The van der Waals surface area contributed by atoms with Crippen molar-refractivity contribution in [2.24, 2.45) is 0 Å². The van der Waals surface area contributed by atoms with Crippen molar-refractivity contribution in [2.45, 2.75) is 40.3 Å². The van der Waals surface area contributed by atoms with Gasteiger partial charge in [0.1, 0.15) is 5.69 Å². The molecule has 0 aromatic carbocycles. The maximum Gasteiger partial charge on any atom is 0.222 e.